The van der Waals surface area contributed by atoms with Crippen molar-refractivity contribution in [2.75, 3.05) is 11.9 Å². The van der Waals surface area contributed by atoms with Crippen molar-refractivity contribution in [3.8, 4) is 0 Å². The van der Waals surface area contributed by atoms with E-state index in [-0.39, 0.29) is 30.0 Å². The number of nitrogens with zero attached hydrogens (tertiary/aromatic N) is 1. The first kappa shape index (κ1) is 21.0. The Labute approximate surface area is 175 Å². The number of aromatic nitrogens is 1. The molecule has 0 saturated heterocycles. The number of anilines is 1. The molecule has 7 heteroatoms. The molecule has 2 aromatic carbocycles. The fraction of sp³-hybridized carbons (Fsp3) is 0.217. The van der Waals surface area contributed by atoms with E-state index < -0.39 is 5.41 Å². The highest BCUT2D eigenvalue weighted by Crippen LogP contribution is 2.32. The van der Waals surface area contributed by atoms with Crippen molar-refractivity contribution in [3.63, 3.8) is 0 Å². The van der Waals surface area contributed by atoms with Crippen LogP contribution in [0.15, 0.2) is 65.2 Å². The van der Waals surface area contributed by atoms with Crippen LogP contribution in [0, 0.1) is 5.41 Å². The second kappa shape index (κ2) is 8.73. The van der Waals surface area contributed by atoms with Crippen LogP contribution in [-0.2, 0) is 10.2 Å². The normalized spacial score (nSPS) is 11.0. The summed E-state index contributed by atoms with van der Waals surface area (Å²) in [5, 5.41) is 17.3. The number of guanidine groups is 1. The van der Waals surface area contributed by atoms with Gasteiger partial charge in [0.1, 0.15) is 5.78 Å². The molecule has 1 aromatic heterocycles. The molecule has 0 spiro atoms. The lowest BCUT2D eigenvalue weighted by molar-refractivity contribution is -0.116. The third-order valence-corrected chi connectivity index (χ3v) is 4.80. The van der Waals surface area contributed by atoms with E-state index in [2.05, 4.69) is 15.8 Å². The van der Waals surface area contributed by atoms with Gasteiger partial charge in [0.05, 0.1) is 12.2 Å². The van der Waals surface area contributed by atoms with Crippen LogP contribution in [-0.4, -0.2) is 29.2 Å². The van der Waals surface area contributed by atoms with Gasteiger partial charge in [-0.2, -0.15) is 0 Å². The molecule has 0 aliphatic rings. The summed E-state index contributed by atoms with van der Waals surface area (Å²) < 4.78 is 5.30. The number of hydrogen-bond donors (Lipinski definition) is 3. The van der Waals surface area contributed by atoms with Crippen molar-refractivity contribution in [2.24, 2.45) is 0 Å². The van der Waals surface area contributed by atoms with Gasteiger partial charge in [-0.05, 0) is 18.6 Å². The predicted molar refractivity (Wildman–Crippen MR) is 115 cm³/mol. The molecule has 0 amide bonds. The van der Waals surface area contributed by atoms with E-state index in [1.165, 1.54) is 6.92 Å². The predicted octanol–water partition coefficient (Wildman–Crippen LogP) is 3.76. The van der Waals surface area contributed by atoms with Crippen LogP contribution < -0.4 is 10.6 Å². The monoisotopic (exact) mass is 404 g/mol. The maximum atomic E-state index is 12.8. The minimum Gasteiger partial charge on any atom is -0.349 e. The zero-order valence-corrected chi connectivity index (χ0v) is 17.2. The Morgan fingerprint density at radius 1 is 1.03 bits per heavy atom. The number of Topliss-reactive ketones (excluding diaryl/α,β-unsaturated/α-hetero) is 1. The lowest BCUT2D eigenvalue weighted by atomic mass is 9.80. The molecule has 3 N–H and O–H groups in total. The number of nitrogens with one attached hydrogen (secondary N) is 3. The molecule has 30 heavy (non-hydrogen) atoms. The van der Waals surface area contributed by atoms with Gasteiger partial charge in [-0.15, -0.1) is 0 Å². The van der Waals surface area contributed by atoms with Gasteiger partial charge in [-0.3, -0.25) is 20.3 Å². The fourth-order valence-corrected chi connectivity index (χ4v) is 2.96. The Balaban J connectivity index is 1.79. The van der Waals surface area contributed by atoms with Crippen molar-refractivity contribution in [2.45, 2.75) is 26.2 Å². The largest absolute Gasteiger partial charge is 0.349 e. The first-order chi connectivity index (χ1) is 14.3. The molecule has 0 aliphatic heterocycles. The fourth-order valence-electron chi connectivity index (χ4n) is 2.96. The molecular weight excluding hydrogens is 380 g/mol. The van der Waals surface area contributed by atoms with Gasteiger partial charge in [0.25, 0.3) is 0 Å². The van der Waals surface area contributed by atoms with Crippen LogP contribution in [0.3, 0.4) is 0 Å². The molecule has 0 aliphatic carbocycles. The SMILES string of the molecule is CC(=O)CNC(=N)Nc1cc(C(C)(C)c2cccc(C(=O)c3ccccc3)c2)no1. The summed E-state index contributed by atoms with van der Waals surface area (Å²) in [6, 6.07) is 18.3. The highest BCUT2D eigenvalue weighted by Gasteiger charge is 2.28. The lowest BCUT2D eigenvalue weighted by Crippen LogP contribution is -2.33. The summed E-state index contributed by atoms with van der Waals surface area (Å²) in [5.74, 6) is 0.114. The second-order valence-electron chi connectivity index (χ2n) is 7.53. The molecule has 154 valence electrons. The van der Waals surface area contributed by atoms with Gasteiger partial charge in [0, 0.05) is 22.6 Å². The molecule has 3 rings (SSSR count). The molecule has 1 heterocycles. The van der Waals surface area contributed by atoms with Crippen LogP contribution in [0.2, 0.25) is 0 Å². The van der Waals surface area contributed by atoms with E-state index in [0.29, 0.717) is 16.8 Å². The molecule has 0 radical (unpaired) electrons. The van der Waals surface area contributed by atoms with Crippen molar-refractivity contribution in [3.05, 3.63) is 83.0 Å². The van der Waals surface area contributed by atoms with E-state index in [9.17, 15) is 9.59 Å². The van der Waals surface area contributed by atoms with E-state index in [1.54, 1.807) is 24.3 Å². The van der Waals surface area contributed by atoms with Gasteiger partial charge in [0.15, 0.2) is 11.7 Å². The summed E-state index contributed by atoms with van der Waals surface area (Å²) in [5.41, 5.74) is 2.26. The Hall–Kier alpha value is -3.74. The van der Waals surface area contributed by atoms with E-state index in [4.69, 9.17) is 9.93 Å². The summed E-state index contributed by atoms with van der Waals surface area (Å²) in [6.45, 7) is 5.46. The van der Waals surface area contributed by atoms with Crippen molar-refractivity contribution in [1.29, 1.82) is 5.41 Å². The third-order valence-electron chi connectivity index (χ3n) is 4.80. The zero-order valence-electron chi connectivity index (χ0n) is 17.2. The number of hydrogen-bond acceptors (Lipinski definition) is 5. The Morgan fingerprint density at radius 3 is 2.43 bits per heavy atom. The number of rotatable bonds is 7. The third kappa shape index (κ3) is 4.81. The number of carbonyl (C=O) groups is 2. The topological polar surface area (TPSA) is 108 Å². The molecular formula is C23H24N4O3. The van der Waals surface area contributed by atoms with Gasteiger partial charge in [-0.25, -0.2) is 0 Å². The van der Waals surface area contributed by atoms with Gasteiger partial charge >= 0.3 is 0 Å². The first-order valence-electron chi connectivity index (χ1n) is 9.54. The number of carbonyl (C=O) groups excluding carboxylic acids is 2. The van der Waals surface area contributed by atoms with Gasteiger partial charge in [-0.1, -0.05) is 67.5 Å². The van der Waals surface area contributed by atoms with E-state index >= 15 is 0 Å². The minimum atomic E-state index is -0.536. The average Bonchev–Trinajstić information content (AvgIpc) is 3.22. The standard InChI is InChI=1S/C23H24N4O3/c1-15(28)14-25-22(24)26-20-13-19(27-30-20)23(2,3)18-11-7-10-17(12-18)21(29)16-8-5-4-6-9-16/h4-13H,14H2,1-3H3,(H3,24,25,26). The minimum absolute atomic E-state index is 0.0410. The van der Waals surface area contributed by atoms with Crippen molar-refractivity contribution >= 4 is 23.4 Å². The molecule has 0 bridgehead atoms. The van der Waals surface area contributed by atoms with E-state index in [1.807, 2.05) is 50.2 Å². The highest BCUT2D eigenvalue weighted by molar-refractivity contribution is 6.09. The molecule has 0 atom stereocenters. The van der Waals surface area contributed by atoms with Crippen LogP contribution >= 0.6 is 0 Å². The number of ketones is 2. The first-order valence-corrected chi connectivity index (χ1v) is 9.54. The molecule has 0 saturated carbocycles. The molecule has 3 aromatic rings. The van der Waals surface area contributed by atoms with Crippen LogP contribution in [0.1, 0.15) is 48.0 Å². The summed E-state index contributed by atoms with van der Waals surface area (Å²) >= 11 is 0. The van der Waals surface area contributed by atoms with Crippen molar-refractivity contribution < 1.29 is 14.1 Å². The summed E-state index contributed by atoms with van der Waals surface area (Å²) in [7, 11) is 0. The average molecular weight is 404 g/mol. The molecule has 0 fully saturated rings. The van der Waals surface area contributed by atoms with E-state index in [0.717, 1.165) is 5.56 Å². The smallest absolute Gasteiger partial charge is 0.231 e. The molecule has 7 nitrogen and oxygen atoms in total. The Kier molecular flexibility index (Phi) is 6.11. The Bertz CT molecular complexity index is 1070. The zero-order chi connectivity index (χ0) is 21.7. The molecule has 0 unspecified atom stereocenters. The lowest BCUT2D eigenvalue weighted by Gasteiger charge is -2.22. The maximum absolute atomic E-state index is 12.8. The van der Waals surface area contributed by atoms with Crippen LogP contribution in [0.4, 0.5) is 5.88 Å². The summed E-state index contributed by atoms with van der Waals surface area (Å²) in [4.78, 5) is 23.8. The van der Waals surface area contributed by atoms with Crippen LogP contribution in [0.25, 0.3) is 0 Å². The van der Waals surface area contributed by atoms with Gasteiger partial charge in [0.2, 0.25) is 5.88 Å². The van der Waals surface area contributed by atoms with Crippen molar-refractivity contribution in [1.82, 2.24) is 10.5 Å². The maximum Gasteiger partial charge on any atom is 0.231 e. The quantitative estimate of drug-likeness (QED) is 0.314. The highest BCUT2D eigenvalue weighted by atomic mass is 16.5. The number of benzene rings is 2. The Morgan fingerprint density at radius 2 is 1.73 bits per heavy atom. The second-order valence-corrected chi connectivity index (χ2v) is 7.53. The summed E-state index contributed by atoms with van der Waals surface area (Å²) in [6.07, 6.45) is 0. The van der Waals surface area contributed by atoms with Crippen LogP contribution in [0.5, 0.6) is 0 Å². The van der Waals surface area contributed by atoms with Gasteiger partial charge < -0.3 is 9.84 Å².